The first kappa shape index (κ1) is 16.0. The summed E-state index contributed by atoms with van der Waals surface area (Å²) in [5, 5.41) is 3.19. The van der Waals surface area contributed by atoms with Crippen LogP contribution >= 0.6 is 0 Å². The zero-order valence-corrected chi connectivity index (χ0v) is 12.8. The minimum Gasteiger partial charge on any atom is -0.369 e. The van der Waals surface area contributed by atoms with E-state index in [0.717, 1.165) is 13.0 Å². The van der Waals surface area contributed by atoms with Crippen molar-refractivity contribution in [2.45, 2.75) is 44.4 Å². The third-order valence-electron chi connectivity index (χ3n) is 3.27. The second kappa shape index (κ2) is 7.48. The molecule has 0 bridgehead atoms. The number of aromatic nitrogens is 1. The van der Waals surface area contributed by atoms with Gasteiger partial charge in [-0.25, -0.2) is 13.4 Å². The van der Waals surface area contributed by atoms with Crippen LogP contribution in [0.2, 0.25) is 0 Å². The number of anilines is 1. The van der Waals surface area contributed by atoms with Gasteiger partial charge in [0.2, 0.25) is 0 Å². The van der Waals surface area contributed by atoms with Crippen molar-refractivity contribution >= 4 is 15.7 Å². The van der Waals surface area contributed by atoms with Crippen molar-refractivity contribution in [3.05, 3.63) is 18.3 Å². The molecule has 0 saturated carbocycles. The van der Waals surface area contributed by atoms with E-state index in [2.05, 4.69) is 24.1 Å². The zero-order chi connectivity index (χ0) is 14.3. The minimum atomic E-state index is -3.23. The van der Waals surface area contributed by atoms with Crippen LogP contribution in [-0.4, -0.2) is 26.2 Å². The average molecular weight is 284 g/mol. The second-order valence-electron chi connectivity index (χ2n) is 4.92. The highest BCUT2D eigenvalue weighted by Gasteiger charge is 2.14. The molecule has 1 atom stereocenters. The van der Waals surface area contributed by atoms with Crippen LogP contribution in [0.25, 0.3) is 0 Å². The molecule has 108 valence electrons. The number of unbranched alkanes of at least 4 members (excludes halogenated alkanes) is 1. The minimum absolute atomic E-state index is 0.278. The number of hydrogen-bond acceptors (Lipinski definition) is 4. The Balaban J connectivity index is 2.72. The van der Waals surface area contributed by atoms with Gasteiger partial charge in [0.1, 0.15) is 10.7 Å². The molecular weight excluding hydrogens is 260 g/mol. The Hall–Kier alpha value is -1.10. The van der Waals surface area contributed by atoms with Crippen LogP contribution in [0.1, 0.15) is 39.5 Å². The van der Waals surface area contributed by atoms with Crippen molar-refractivity contribution in [2.75, 3.05) is 18.1 Å². The zero-order valence-electron chi connectivity index (χ0n) is 12.0. The number of rotatable bonds is 8. The first-order valence-corrected chi connectivity index (χ1v) is 8.77. The van der Waals surface area contributed by atoms with Crippen molar-refractivity contribution in [1.82, 2.24) is 4.98 Å². The van der Waals surface area contributed by atoms with E-state index < -0.39 is 9.84 Å². The molecule has 1 aromatic heterocycles. The van der Waals surface area contributed by atoms with Gasteiger partial charge >= 0.3 is 0 Å². The Morgan fingerprint density at radius 2 is 2.11 bits per heavy atom. The molecule has 1 N–H and O–H groups in total. The molecule has 0 saturated heterocycles. The van der Waals surface area contributed by atoms with Crippen LogP contribution in [0.3, 0.4) is 0 Å². The lowest BCUT2D eigenvalue weighted by Gasteiger charge is -2.16. The quantitative estimate of drug-likeness (QED) is 0.797. The fourth-order valence-electron chi connectivity index (χ4n) is 2.01. The van der Waals surface area contributed by atoms with E-state index in [1.54, 1.807) is 18.3 Å². The fourth-order valence-corrected chi connectivity index (χ4v) is 2.81. The highest BCUT2D eigenvalue weighted by Crippen LogP contribution is 2.19. The summed E-state index contributed by atoms with van der Waals surface area (Å²) < 4.78 is 23.3. The third-order valence-corrected chi connectivity index (χ3v) is 4.40. The van der Waals surface area contributed by atoms with Crippen molar-refractivity contribution < 1.29 is 8.42 Å². The molecule has 4 nitrogen and oxygen atoms in total. The lowest BCUT2D eigenvalue weighted by molar-refractivity contribution is 0.472. The highest BCUT2D eigenvalue weighted by atomic mass is 32.2. The summed E-state index contributed by atoms with van der Waals surface area (Å²) in [4.78, 5) is 4.42. The molecule has 5 heteroatoms. The van der Waals surface area contributed by atoms with Gasteiger partial charge in [-0.2, -0.15) is 0 Å². The van der Waals surface area contributed by atoms with Gasteiger partial charge in [0.25, 0.3) is 0 Å². The molecule has 0 aliphatic carbocycles. The Kier molecular flexibility index (Phi) is 6.28. The van der Waals surface area contributed by atoms with Gasteiger partial charge in [-0.05, 0) is 24.5 Å². The van der Waals surface area contributed by atoms with Gasteiger partial charge in [-0.1, -0.05) is 33.1 Å². The van der Waals surface area contributed by atoms with Gasteiger partial charge < -0.3 is 5.32 Å². The van der Waals surface area contributed by atoms with Gasteiger partial charge in [-0.15, -0.1) is 0 Å². The smallest absolute Gasteiger partial charge is 0.179 e. The van der Waals surface area contributed by atoms with Gasteiger partial charge in [0, 0.05) is 19.0 Å². The molecular formula is C14H24N2O2S. The number of nitrogens with one attached hydrogen (secondary N) is 1. The van der Waals surface area contributed by atoms with Crippen LogP contribution < -0.4 is 5.32 Å². The maximum atomic E-state index is 11.7. The molecule has 19 heavy (non-hydrogen) atoms. The van der Waals surface area contributed by atoms with E-state index in [9.17, 15) is 8.42 Å². The van der Waals surface area contributed by atoms with E-state index in [-0.39, 0.29) is 4.90 Å². The molecule has 0 radical (unpaired) electrons. The molecule has 0 amide bonds. The second-order valence-corrected chi connectivity index (χ2v) is 6.90. The fraction of sp³-hybridized carbons (Fsp3) is 0.643. The number of hydrogen-bond donors (Lipinski definition) is 1. The molecule has 1 heterocycles. The standard InChI is InChI=1S/C14H24N2O2S/c1-4-6-8-12(5-2)11-16-14-13(19(3,17)18)9-7-10-15-14/h7,9-10,12H,4-6,8,11H2,1-3H3,(H,15,16). The predicted octanol–water partition coefficient (Wildman–Crippen LogP) is 3.11. The van der Waals surface area contributed by atoms with E-state index in [4.69, 9.17) is 0 Å². The molecule has 0 aliphatic heterocycles. The molecule has 0 fully saturated rings. The lowest BCUT2D eigenvalue weighted by Crippen LogP contribution is -2.16. The molecule has 1 unspecified atom stereocenters. The first-order chi connectivity index (χ1) is 8.99. The number of nitrogens with zero attached hydrogens (tertiary/aromatic N) is 1. The Labute approximate surface area is 116 Å². The summed E-state index contributed by atoms with van der Waals surface area (Å²) in [7, 11) is -3.23. The van der Waals surface area contributed by atoms with Crippen LogP contribution in [0.15, 0.2) is 23.2 Å². The van der Waals surface area contributed by atoms with Crippen molar-refractivity contribution in [3.63, 3.8) is 0 Å². The summed E-state index contributed by atoms with van der Waals surface area (Å²) in [6, 6.07) is 3.24. The van der Waals surface area contributed by atoms with Crippen LogP contribution in [0.4, 0.5) is 5.82 Å². The first-order valence-electron chi connectivity index (χ1n) is 6.88. The average Bonchev–Trinajstić information content (AvgIpc) is 2.38. The van der Waals surface area contributed by atoms with E-state index in [1.807, 2.05) is 0 Å². The molecule has 0 spiro atoms. The van der Waals surface area contributed by atoms with Crippen LogP contribution in [0.5, 0.6) is 0 Å². The van der Waals surface area contributed by atoms with E-state index in [1.165, 1.54) is 25.5 Å². The van der Waals surface area contributed by atoms with Crippen LogP contribution in [0, 0.1) is 5.92 Å². The largest absolute Gasteiger partial charge is 0.369 e. The highest BCUT2D eigenvalue weighted by molar-refractivity contribution is 7.90. The topological polar surface area (TPSA) is 59.1 Å². The Bertz CT molecular complexity index is 486. The van der Waals surface area contributed by atoms with Crippen molar-refractivity contribution in [3.8, 4) is 0 Å². The SMILES string of the molecule is CCCCC(CC)CNc1ncccc1S(C)(=O)=O. The molecule has 0 aliphatic rings. The Morgan fingerprint density at radius 3 is 2.68 bits per heavy atom. The Morgan fingerprint density at radius 1 is 1.37 bits per heavy atom. The molecule has 0 aromatic carbocycles. The third kappa shape index (κ3) is 5.19. The monoisotopic (exact) mass is 284 g/mol. The normalized spacial score (nSPS) is 13.2. The van der Waals surface area contributed by atoms with Gasteiger partial charge in [0.05, 0.1) is 0 Å². The molecule has 1 aromatic rings. The van der Waals surface area contributed by atoms with Gasteiger partial charge in [0.15, 0.2) is 9.84 Å². The maximum Gasteiger partial charge on any atom is 0.179 e. The van der Waals surface area contributed by atoms with E-state index >= 15 is 0 Å². The summed E-state index contributed by atoms with van der Waals surface area (Å²) >= 11 is 0. The summed E-state index contributed by atoms with van der Waals surface area (Å²) in [5.74, 6) is 1.04. The number of pyridine rings is 1. The predicted molar refractivity (Wildman–Crippen MR) is 79.1 cm³/mol. The summed E-state index contributed by atoms with van der Waals surface area (Å²) in [6.45, 7) is 5.12. The van der Waals surface area contributed by atoms with Gasteiger partial charge in [-0.3, -0.25) is 0 Å². The molecule has 1 rings (SSSR count). The number of sulfone groups is 1. The summed E-state index contributed by atoms with van der Waals surface area (Å²) in [5.41, 5.74) is 0. The summed E-state index contributed by atoms with van der Waals surface area (Å²) in [6.07, 6.45) is 7.48. The van der Waals surface area contributed by atoms with Crippen LogP contribution in [-0.2, 0) is 9.84 Å². The van der Waals surface area contributed by atoms with Crippen molar-refractivity contribution in [1.29, 1.82) is 0 Å². The van der Waals surface area contributed by atoms with Crippen molar-refractivity contribution in [2.24, 2.45) is 5.92 Å². The van der Waals surface area contributed by atoms with E-state index in [0.29, 0.717) is 11.7 Å². The lowest BCUT2D eigenvalue weighted by atomic mass is 9.99. The maximum absolute atomic E-state index is 11.7.